The third kappa shape index (κ3) is 2.70. The van der Waals surface area contributed by atoms with E-state index in [0.29, 0.717) is 12.1 Å². The van der Waals surface area contributed by atoms with Gasteiger partial charge in [-0.25, -0.2) is 17.5 Å². The van der Waals surface area contributed by atoms with Crippen LogP contribution >= 0.6 is 0 Å². The summed E-state index contributed by atoms with van der Waals surface area (Å²) in [6.07, 6.45) is -0.581. The molecule has 2 atom stereocenters. The smallest absolute Gasteiger partial charge is 0.246 e. The second kappa shape index (κ2) is 4.94. The first kappa shape index (κ1) is 13.4. The van der Waals surface area contributed by atoms with E-state index in [-0.39, 0.29) is 29.8 Å². The van der Waals surface area contributed by atoms with Crippen LogP contribution in [0.3, 0.4) is 0 Å². The molecule has 0 unspecified atom stereocenters. The van der Waals surface area contributed by atoms with E-state index >= 15 is 0 Å². The van der Waals surface area contributed by atoms with Gasteiger partial charge in [0.15, 0.2) is 5.76 Å². The van der Waals surface area contributed by atoms with Gasteiger partial charge in [-0.05, 0) is 20.3 Å². The van der Waals surface area contributed by atoms with E-state index in [9.17, 15) is 12.8 Å². The molecule has 0 bridgehead atoms. The van der Waals surface area contributed by atoms with Crippen molar-refractivity contribution in [2.75, 3.05) is 13.1 Å². The highest BCUT2D eigenvalue weighted by Gasteiger charge is 2.28. The first-order valence-corrected chi connectivity index (χ1v) is 7.18. The highest BCUT2D eigenvalue weighted by molar-refractivity contribution is 7.89. The van der Waals surface area contributed by atoms with E-state index in [2.05, 4.69) is 15.2 Å². The highest BCUT2D eigenvalue weighted by Crippen LogP contribution is 2.18. The van der Waals surface area contributed by atoms with Crippen molar-refractivity contribution >= 4 is 10.0 Å². The van der Waals surface area contributed by atoms with Gasteiger partial charge in [0.25, 0.3) is 0 Å². The largest absolute Gasteiger partial charge is 0.360 e. The van der Waals surface area contributed by atoms with Crippen LogP contribution in [0.15, 0.2) is 9.42 Å². The van der Waals surface area contributed by atoms with E-state index < -0.39 is 16.2 Å². The Morgan fingerprint density at radius 3 is 2.78 bits per heavy atom. The Labute approximate surface area is 105 Å². The van der Waals surface area contributed by atoms with Crippen LogP contribution < -0.4 is 10.0 Å². The molecule has 0 radical (unpaired) electrons. The second-order valence-corrected chi connectivity index (χ2v) is 6.15. The van der Waals surface area contributed by atoms with E-state index in [1.165, 1.54) is 0 Å². The molecular weight excluding hydrogens is 261 g/mol. The third-order valence-corrected chi connectivity index (χ3v) is 4.59. The minimum atomic E-state index is -3.65. The van der Waals surface area contributed by atoms with Crippen LogP contribution in [0.1, 0.15) is 17.9 Å². The Morgan fingerprint density at radius 1 is 1.56 bits per heavy atom. The lowest BCUT2D eigenvalue weighted by Crippen LogP contribution is -2.37. The van der Waals surface area contributed by atoms with Gasteiger partial charge in [0.1, 0.15) is 16.8 Å². The molecule has 2 heterocycles. The molecule has 1 aromatic rings. The molecule has 2 rings (SSSR count). The van der Waals surface area contributed by atoms with Crippen LogP contribution in [0.4, 0.5) is 4.39 Å². The zero-order chi connectivity index (χ0) is 13.3. The predicted octanol–water partition coefficient (Wildman–Crippen LogP) is 0.270. The van der Waals surface area contributed by atoms with Gasteiger partial charge in [0.2, 0.25) is 10.0 Å². The molecule has 0 aromatic carbocycles. The lowest BCUT2D eigenvalue weighted by atomic mass is 10.2. The molecule has 0 aliphatic carbocycles. The minimum Gasteiger partial charge on any atom is -0.360 e. The van der Waals surface area contributed by atoms with Crippen molar-refractivity contribution in [2.45, 2.75) is 37.4 Å². The van der Waals surface area contributed by atoms with Gasteiger partial charge in [-0.15, -0.1) is 0 Å². The first-order valence-electron chi connectivity index (χ1n) is 5.70. The number of aromatic nitrogens is 1. The summed E-state index contributed by atoms with van der Waals surface area (Å²) in [7, 11) is -3.65. The van der Waals surface area contributed by atoms with Gasteiger partial charge in [0, 0.05) is 19.1 Å². The Balaban J connectivity index is 2.04. The van der Waals surface area contributed by atoms with E-state index in [1.807, 2.05) is 0 Å². The number of nitrogens with zero attached hydrogens (tertiary/aromatic N) is 1. The SMILES string of the molecule is Cc1noc(C)c1S(=O)(=O)NC[C@@H]1C[C@H](F)CN1. The molecule has 1 fully saturated rings. The number of sulfonamides is 1. The normalized spacial score (nSPS) is 24.6. The predicted molar refractivity (Wildman–Crippen MR) is 62.5 cm³/mol. The number of rotatable bonds is 4. The van der Waals surface area contributed by atoms with Gasteiger partial charge >= 0.3 is 0 Å². The van der Waals surface area contributed by atoms with Crippen molar-refractivity contribution < 1.29 is 17.3 Å². The number of nitrogens with one attached hydrogen (secondary N) is 2. The minimum absolute atomic E-state index is 0.0669. The van der Waals surface area contributed by atoms with Gasteiger partial charge in [-0.1, -0.05) is 5.16 Å². The summed E-state index contributed by atoms with van der Waals surface area (Å²) in [5.74, 6) is 0.253. The monoisotopic (exact) mass is 277 g/mol. The summed E-state index contributed by atoms with van der Waals surface area (Å²) >= 11 is 0. The average Bonchev–Trinajstić information content (AvgIpc) is 2.83. The van der Waals surface area contributed by atoms with Crippen LogP contribution in [0.2, 0.25) is 0 Å². The maximum Gasteiger partial charge on any atom is 0.246 e. The van der Waals surface area contributed by atoms with Crippen molar-refractivity contribution in [2.24, 2.45) is 0 Å². The van der Waals surface area contributed by atoms with Crippen molar-refractivity contribution in [3.05, 3.63) is 11.5 Å². The third-order valence-electron chi connectivity index (χ3n) is 2.92. The molecule has 0 amide bonds. The topological polar surface area (TPSA) is 84.2 Å². The van der Waals surface area contributed by atoms with Crippen molar-refractivity contribution in [1.82, 2.24) is 15.2 Å². The quantitative estimate of drug-likeness (QED) is 0.825. The summed E-state index contributed by atoms with van der Waals surface area (Å²) < 4.78 is 44.3. The maximum absolute atomic E-state index is 12.9. The van der Waals surface area contributed by atoms with Crippen LogP contribution in [0.5, 0.6) is 0 Å². The van der Waals surface area contributed by atoms with Gasteiger partial charge in [0.05, 0.1) is 0 Å². The second-order valence-electron chi connectivity index (χ2n) is 4.44. The molecule has 102 valence electrons. The Morgan fingerprint density at radius 2 is 2.28 bits per heavy atom. The summed E-state index contributed by atoms with van der Waals surface area (Å²) in [6.45, 7) is 3.54. The van der Waals surface area contributed by atoms with Crippen LogP contribution in [-0.2, 0) is 10.0 Å². The summed E-state index contributed by atoms with van der Waals surface area (Å²) in [6, 6.07) is -0.171. The van der Waals surface area contributed by atoms with E-state index in [1.54, 1.807) is 13.8 Å². The maximum atomic E-state index is 12.9. The molecule has 1 aromatic heterocycles. The summed E-state index contributed by atoms with van der Waals surface area (Å²) in [5, 5.41) is 6.52. The van der Waals surface area contributed by atoms with Crippen LogP contribution in [0, 0.1) is 13.8 Å². The fourth-order valence-electron chi connectivity index (χ4n) is 2.07. The average molecular weight is 277 g/mol. The number of aryl methyl sites for hydroxylation is 2. The molecule has 18 heavy (non-hydrogen) atoms. The van der Waals surface area contributed by atoms with Crippen LogP contribution in [0.25, 0.3) is 0 Å². The van der Waals surface area contributed by atoms with Crippen molar-refractivity contribution in [1.29, 1.82) is 0 Å². The Hall–Kier alpha value is -0.990. The highest BCUT2D eigenvalue weighted by atomic mass is 32.2. The van der Waals surface area contributed by atoms with Crippen molar-refractivity contribution in [3.63, 3.8) is 0 Å². The Bertz CT molecular complexity index is 509. The molecule has 1 aliphatic heterocycles. The van der Waals surface area contributed by atoms with E-state index in [4.69, 9.17) is 4.52 Å². The molecule has 0 spiro atoms. The molecule has 1 saturated heterocycles. The molecule has 8 heteroatoms. The Kier molecular flexibility index (Phi) is 3.69. The molecule has 1 aliphatic rings. The fourth-order valence-corrected chi connectivity index (χ4v) is 3.47. The number of hydrogen-bond donors (Lipinski definition) is 2. The molecular formula is C10H16FN3O3S. The van der Waals surface area contributed by atoms with Gasteiger partial charge < -0.3 is 9.84 Å². The zero-order valence-corrected chi connectivity index (χ0v) is 11.1. The molecule has 2 N–H and O–H groups in total. The van der Waals surface area contributed by atoms with Crippen molar-refractivity contribution in [3.8, 4) is 0 Å². The summed E-state index contributed by atoms with van der Waals surface area (Å²) in [4.78, 5) is 0.0669. The van der Waals surface area contributed by atoms with Gasteiger partial charge in [-0.3, -0.25) is 0 Å². The molecule has 6 nitrogen and oxygen atoms in total. The standard InChI is InChI=1S/C10H16FN3O3S/c1-6-10(7(2)17-14-6)18(15,16)13-5-9-3-8(11)4-12-9/h8-9,12-13H,3-5H2,1-2H3/t8-,9-/m0/s1. The van der Waals surface area contributed by atoms with Gasteiger partial charge in [-0.2, -0.15) is 0 Å². The fraction of sp³-hybridized carbons (Fsp3) is 0.700. The molecule has 0 saturated carbocycles. The first-order chi connectivity index (χ1) is 8.40. The lowest BCUT2D eigenvalue weighted by molar-refractivity contribution is 0.355. The van der Waals surface area contributed by atoms with E-state index in [0.717, 1.165) is 0 Å². The lowest BCUT2D eigenvalue weighted by Gasteiger charge is -2.11. The van der Waals surface area contributed by atoms with Crippen LogP contribution in [-0.4, -0.2) is 38.9 Å². The number of alkyl halides is 1. The number of hydrogen-bond acceptors (Lipinski definition) is 5. The number of halogens is 1. The zero-order valence-electron chi connectivity index (χ0n) is 10.2. The summed E-state index contributed by atoms with van der Waals surface area (Å²) in [5.41, 5.74) is 0.322.